The van der Waals surface area contributed by atoms with Gasteiger partial charge in [-0.1, -0.05) is 36.4 Å². The van der Waals surface area contributed by atoms with Gasteiger partial charge in [-0.3, -0.25) is 4.79 Å². The van der Waals surface area contributed by atoms with E-state index >= 15 is 0 Å². The first-order valence-corrected chi connectivity index (χ1v) is 10.4. The molecular weight excluding hydrogens is 364 g/mol. The summed E-state index contributed by atoms with van der Waals surface area (Å²) in [4.78, 5) is 17.7. The molecule has 154 valence electrons. The lowest BCUT2D eigenvalue weighted by molar-refractivity contribution is -0.162. The number of aliphatic imine (C=N–C) groups is 1. The van der Waals surface area contributed by atoms with E-state index in [1.54, 1.807) is 0 Å². The second-order valence-corrected chi connectivity index (χ2v) is 7.39. The standard InChI is InChI=1S/C24H30N2O3/c1-18-10-8-11-19(2)23(18)26-21(24(27)25-20-12-4-3-5-13-20)14-9-17-29-22-15-6-7-16-28-22/h3-5,8,10-13,22H,6-7,9,14-17H2,1-2H3,(H,25,27). The van der Waals surface area contributed by atoms with Gasteiger partial charge in [0.15, 0.2) is 6.29 Å². The molecule has 5 nitrogen and oxygen atoms in total. The van der Waals surface area contributed by atoms with E-state index in [9.17, 15) is 4.79 Å². The number of anilines is 1. The number of carbonyl (C=O) groups excluding carboxylic acids is 1. The number of nitrogens with zero attached hydrogens (tertiary/aromatic N) is 1. The average Bonchev–Trinajstić information content (AvgIpc) is 2.73. The number of aryl methyl sites for hydroxylation is 2. The first kappa shape index (κ1) is 21.2. The number of amides is 1. The lowest BCUT2D eigenvalue weighted by atomic mass is 10.1. The van der Waals surface area contributed by atoms with E-state index in [0.717, 1.165) is 48.4 Å². The number of benzene rings is 2. The predicted molar refractivity (Wildman–Crippen MR) is 117 cm³/mol. The van der Waals surface area contributed by atoms with Gasteiger partial charge in [0.25, 0.3) is 5.91 Å². The Morgan fingerprint density at radius 1 is 1.10 bits per heavy atom. The van der Waals surface area contributed by atoms with Gasteiger partial charge in [0.05, 0.1) is 12.3 Å². The van der Waals surface area contributed by atoms with Crippen LogP contribution in [0.5, 0.6) is 0 Å². The number of rotatable bonds is 8. The summed E-state index contributed by atoms with van der Waals surface area (Å²) in [6.45, 7) is 5.35. The smallest absolute Gasteiger partial charge is 0.270 e. The van der Waals surface area contributed by atoms with Crippen molar-refractivity contribution in [1.82, 2.24) is 0 Å². The van der Waals surface area contributed by atoms with Crippen LogP contribution in [-0.4, -0.2) is 31.1 Å². The number of hydrogen-bond acceptors (Lipinski definition) is 4. The molecule has 2 aromatic rings. The van der Waals surface area contributed by atoms with Crippen molar-refractivity contribution >= 4 is 23.0 Å². The Labute approximate surface area is 173 Å². The Morgan fingerprint density at radius 2 is 1.86 bits per heavy atom. The molecule has 1 fully saturated rings. The summed E-state index contributed by atoms with van der Waals surface area (Å²) in [5.41, 5.74) is 4.25. The molecule has 0 spiro atoms. The van der Waals surface area contributed by atoms with Crippen LogP contribution < -0.4 is 5.32 Å². The van der Waals surface area contributed by atoms with E-state index in [4.69, 9.17) is 14.5 Å². The number of hydrogen-bond donors (Lipinski definition) is 1. The number of nitrogens with one attached hydrogen (secondary N) is 1. The van der Waals surface area contributed by atoms with Crippen LogP contribution in [0, 0.1) is 13.8 Å². The van der Waals surface area contributed by atoms with Crippen LogP contribution in [0.4, 0.5) is 11.4 Å². The summed E-state index contributed by atoms with van der Waals surface area (Å²) < 4.78 is 11.4. The minimum atomic E-state index is -0.173. The quantitative estimate of drug-likeness (QED) is 0.486. The fourth-order valence-corrected chi connectivity index (χ4v) is 3.36. The number of para-hydroxylation sites is 2. The number of carbonyl (C=O) groups is 1. The molecule has 1 saturated heterocycles. The monoisotopic (exact) mass is 394 g/mol. The summed E-state index contributed by atoms with van der Waals surface area (Å²) in [6, 6.07) is 15.5. The van der Waals surface area contributed by atoms with Crippen molar-refractivity contribution < 1.29 is 14.3 Å². The molecule has 2 aromatic carbocycles. The molecule has 0 bridgehead atoms. The Balaban J connectivity index is 1.68. The molecule has 3 rings (SSSR count). The Kier molecular flexibility index (Phi) is 7.96. The zero-order chi connectivity index (χ0) is 20.5. The molecule has 0 aliphatic carbocycles. The van der Waals surface area contributed by atoms with Gasteiger partial charge in [-0.15, -0.1) is 0 Å². The molecule has 1 unspecified atom stereocenters. The zero-order valence-corrected chi connectivity index (χ0v) is 17.3. The van der Waals surface area contributed by atoms with Crippen molar-refractivity contribution in [2.24, 2.45) is 4.99 Å². The molecule has 5 heteroatoms. The van der Waals surface area contributed by atoms with Crippen LogP contribution in [-0.2, 0) is 14.3 Å². The molecule has 1 atom stereocenters. The fraction of sp³-hybridized carbons (Fsp3) is 0.417. The molecule has 1 amide bonds. The molecule has 0 radical (unpaired) electrons. The minimum Gasteiger partial charge on any atom is -0.353 e. The molecule has 1 heterocycles. The maximum Gasteiger partial charge on any atom is 0.270 e. The maximum atomic E-state index is 12.9. The van der Waals surface area contributed by atoms with Gasteiger partial charge in [-0.05, 0) is 69.2 Å². The summed E-state index contributed by atoms with van der Waals surface area (Å²) >= 11 is 0. The van der Waals surface area contributed by atoms with Gasteiger partial charge >= 0.3 is 0 Å². The molecule has 0 saturated carbocycles. The third-order valence-electron chi connectivity index (χ3n) is 4.98. The van der Waals surface area contributed by atoms with Gasteiger partial charge in [0.2, 0.25) is 0 Å². The van der Waals surface area contributed by atoms with Gasteiger partial charge in [-0.2, -0.15) is 0 Å². The Bertz CT molecular complexity index is 807. The van der Waals surface area contributed by atoms with Gasteiger partial charge in [0.1, 0.15) is 5.71 Å². The lowest BCUT2D eigenvalue weighted by Crippen LogP contribution is -2.25. The van der Waals surface area contributed by atoms with Crippen molar-refractivity contribution in [1.29, 1.82) is 0 Å². The Morgan fingerprint density at radius 3 is 2.55 bits per heavy atom. The fourth-order valence-electron chi connectivity index (χ4n) is 3.36. The SMILES string of the molecule is Cc1cccc(C)c1N=C(CCCOC1CCCCO1)C(=O)Nc1ccccc1. The third kappa shape index (κ3) is 6.51. The van der Waals surface area contributed by atoms with Crippen LogP contribution in [0.25, 0.3) is 0 Å². The third-order valence-corrected chi connectivity index (χ3v) is 4.98. The van der Waals surface area contributed by atoms with Gasteiger partial charge < -0.3 is 14.8 Å². The average molecular weight is 395 g/mol. The van der Waals surface area contributed by atoms with Crippen LogP contribution in [0.2, 0.25) is 0 Å². The summed E-state index contributed by atoms with van der Waals surface area (Å²) in [5.74, 6) is -0.173. The molecule has 0 aromatic heterocycles. The molecule has 29 heavy (non-hydrogen) atoms. The van der Waals surface area contributed by atoms with Crippen LogP contribution in [0.15, 0.2) is 53.5 Å². The highest BCUT2D eigenvalue weighted by Gasteiger charge is 2.16. The van der Waals surface area contributed by atoms with Gasteiger partial charge in [-0.25, -0.2) is 4.99 Å². The summed E-state index contributed by atoms with van der Waals surface area (Å²) in [7, 11) is 0. The predicted octanol–water partition coefficient (Wildman–Crippen LogP) is 5.34. The topological polar surface area (TPSA) is 59.9 Å². The van der Waals surface area contributed by atoms with Crippen molar-refractivity contribution in [2.75, 3.05) is 18.5 Å². The highest BCUT2D eigenvalue weighted by atomic mass is 16.7. The highest BCUT2D eigenvalue weighted by Crippen LogP contribution is 2.24. The van der Waals surface area contributed by atoms with Gasteiger partial charge in [0, 0.05) is 12.3 Å². The van der Waals surface area contributed by atoms with E-state index in [0.29, 0.717) is 25.2 Å². The van der Waals surface area contributed by atoms with Crippen LogP contribution in [0.1, 0.15) is 43.2 Å². The summed E-state index contributed by atoms with van der Waals surface area (Å²) in [5, 5.41) is 2.96. The molecule has 1 N–H and O–H groups in total. The maximum absolute atomic E-state index is 12.9. The molecular formula is C24H30N2O3. The second kappa shape index (κ2) is 10.9. The van der Waals surface area contributed by atoms with Crippen LogP contribution in [0.3, 0.4) is 0 Å². The Hall–Kier alpha value is -2.50. The van der Waals surface area contributed by atoms with E-state index < -0.39 is 0 Å². The first-order valence-electron chi connectivity index (χ1n) is 10.4. The molecule has 1 aliphatic rings. The second-order valence-electron chi connectivity index (χ2n) is 7.39. The molecule has 1 aliphatic heterocycles. The van der Waals surface area contributed by atoms with Crippen molar-refractivity contribution in [3.63, 3.8) is 0 Å². The van der Waals surface area contributed by atoms with Crippen molar-refractivity contribution in [3.8, 4) is 0 Å². The first-order chi connectivity index (χ1) is 14.1. The lowest BCUT2D eigenvalue weighted by Gasteiger charge is -2.22. The van der Waals surface area contributed by atoms with E-state index in [2.05, 4.69) is 5.32 Å². The van der Waals surface area contributed by atoms with Crippen molar-refractivity contribution in [3.05, 3.63) is 59.7 Å². The van der Waals surface area contributed by atoms with E-state index in [1.807, 2.05) is 62.4 Å². The normalized spacial score (nSPS) is 17.2. The zero-order valence-electron chi connectivity index (χ0n) is 17.3. The number of ether oxygens (including phenoxy) is 2. The van der Waals surface area contributed by atoms with E-state index in [1.165, 1.54) is 0 Å². The largest absolute Gasteiger partial charge is 0.353 e. The highest BCUT2D eigenvalue weighted by molar-refractivity contribution is 6.43. The van der Waals surface area contributed by atoms with Crippen LogP contribution >= 0.6 is 0 Å². The minimum absolute atomic E-state index is 0.110. The van der Waals surface area contributed by atoms with Crippen molar-refractivity contribution in [2.45, 2.75) is 52.2 Å². The summed E-state index contributed by atoms with van der Waals surface area (Å²) in [6.07, 6.45) is 4.33. The van der Waals surface area contributed by atoms with E-state index in [-0.39, 0.29) is 12.2 Å².